The summed E-state index contributed by atoms with van der Waals surface area (Å²) in [4.78, 5) is 0. The standard InChI is InChI=1S/C13H15F4NO2S/c14-11-5-9(4-10(6-11)13(15,16)17)7-18-8-12-2-1-3-21(12,19)20/h4-6,12,18H,1-3,7-8H2. The van der Waals surface area contributed by atoms with Gasteiger partial charge < -0.3 is 5.32 Å². The summed E-state index contributed by atoms with van der Waals surface area (Å²) in [5.74, 6) is -0.813. The molecule has 1 N–H and O–H groups in total. The van der Waals surface area contributed by atoms with E-state index in [0.717, 1.165) is 12.1 Å². The number of halogens is 4. The third kappa shape index (κ3) is 4.16. The van der Waals surface area contributed by atoms with Crippen LogP contribution in [-0.4, -0.2) is 26.0 Å². The molecule has 1 fully saturated rings. The van der Waals surface area contributed by atoms with Crippen molar-refractivity contribution >= 4 is 9.84 Å². The second-order valence-electron chi connectivity index (χ2n) is 5.11. The second-order valence-corrected chi connectivity index (χ2v) is 7.51. The Balaban J connectivity index is 1.99. The van der Waals surface area contributed by atoms with E-state index in [2.05, 4.69) is 5.32 Å². The minimum Gasteiger partial charge on any atom is -0.311 e. The predicted octanol–water partition coefficient (Wildman–Crippen LogP) is 2.51. The van der Waals surface area contributed by atoms with E-state index in [0.29, 0.717) is 18.9 Å². The van der Waals surface area contributed by atoms with Crippen LogP contribution in [0.25, 0.3) is 0 Å². The molecule has 1 aliphatic heterocycles. The summed E-state index contributed by atoms with van der Waals surface area (Å²) in [7, 11) is -3.10. The fourth-order valence-corrected chi connectivity index (χ4v) is 4.18. The van der Waals surface area contributed by atoms with Crippen LogP contribution in [0.1, 0.15) is 24.0 Å². The lowest BCUT2D eigenvalue weighted by molar-refractivity contribution is -0.137. The van der Waals surface area contributed by atoms with Gasteiger partial charge in [-0.05, 0) is 36.6 Å². The van der Waals surface area contributed by atoms with E-state index in [4.69, 9.17) is 0 Å². The van der Waals surface area contributed by atoms with Crippen LogP contribution in [0.4, 0.5) is 17.6 Å². The average Bonchev–Trinajstić information content (AvgIpc) is 2.67. The van der Waals surface area contributed by atoms with Crippen LogP contribution in [-0.2, 0) is 22.6 Å². The first-order valence-electron chi connectivity index (χ1n) is 6.47. The van der Waals surface area contributed by atoms with E-state index < -0.39 is 32.6 Å². The van der Waals surface area contributed by atoms with Crippen molar-refractivity contribution in [3.63, 3.8) is 0 Å². The van der Waals surface area contributed by atoms with Crippen molar-refractivity contribution in [1.82, 2.24) is 5.32 Å². The maximum atomic E-state index is 13.2. The van der Waals surface area contributed by atoms with Gasteiger partial charge in [-0.25, -0.2) is 12.8 Å². The van der Waals surface area contributed by atoms with Crippen LogP contribution >= 0.6 is 0 Å². The molecule has 0 aliphatic carbocycles. The van der Waals surface area contributed by atoms with Gasteiger partial charge in [-0.15, -0.1) is 0 Å². The van der Waals surface area contributed by atoms with Crippen molar-refractivity contribution in [1.29, 1.82) is 0 Å². The highest BCUT2D eigenvalue weighted by molar-refractivity contribution is 7.92. The molecule has 1 aromatic rings. The number of benzene rings is 1. The van der Waals surface area contributed by atoms with Gasteiger partial charge >= 0.3 is 6.18 Å². The molecule has 1 heterocycles. The molecule has 21 heavy (non-hydrogen) atoms. The van der Waals surface area contributed by atoms with Gasteiger partial charge in [0.1, 0.15) is 5.82 Å². The van der Waals surface area contributed by atoms with Gasteiger partial charge in [-0.2, -0.15) is 13.2 Å². The van der Waals surface area contributed by atoms with E-state index in [-0.39, 0.29) is 24.4 Å². The predicted molar refractivity (Wildman–Crippen MR) is 69.9 cm³/mol. The van der Waals surface area contributed by atoms with E-state index in [1.165, 1.54) is 0 Å². The molecule has 1 saturated heterocycles. The Morgan fingerprint density at radius 3 is 2.52 bits per heavy atom. The van der Waals surface area contributed by atoms with E-state index in [9.17, 15) is 26.0 Å². The molecule has 0 radical (unpaired) electrons. The highest BCUT2D eigenvalue weighted by Crippen LogP contribution is 2.30. The molecule has 1 atom stereocenters. The number of alkyl halides is 3. The molecule has 0 amide bonds. The maximum absolute atomic E-state index is 13.2. The molecule has 8 heteroatoms. The van der Waals surface area contributed by atoms with Gasteiger partial charge in [0.25, 0.3) is 0 Å². The molecule has 0 aromatic heterocycles. The van der Waals surface area contributed by atoms with Crippen LogP contribution < -0.4 is 5.32 Å². The van der Waals surface area contributed by atoms with Gasteiger partial charge in [-0.1, -0.05) is 0 Å². The summed E-state index contributed by atoms with van der Waals surface area (Å²) in [6.45, 7) is 0.160. The van der Waals surface area contributed by atoms with Crippen LogP contribution in [0, 0.1) is 5.82 Å². The summed E-state index contributed by atoms with van der Waals surface area (Å²) in [6, 6.07) is 2.30. The van der Waals surface area contributed by atoms with Gasteiger partial charge in [0.05, 0.1) is 16.6 Å². The number of rotatable bonds is 4. The molecule has 2 rings (SSSR count). The molecule has 3 nitrogen and oxygen atoms in total. The SMILES string of the molecule is O=S1(=O)CCCC1CNCc1cc(F)cc(C(F)(F)F)c1. The van der Waals surface area contributed by atoms with Crippen molar-refractivity contribution in [2.24, 2.45) is 0 Å². The van der Waals surface area contributed by atoms with Gasteiger partial charge in [0, 0.05) is 13.1 Å². The summed E-state index contributed by atoms with van der Waals surface area (Å²) in [5.41, 5.74) is -0.912. The van der Waals surface area contributed by atoms with Gasteiger partial charge in [0.15, 0.2) is 9.84 Å². The minimum absolute atomic E-state index is 0.00708. The molecular weight excluding hydrogens is 310 g/mol. The van der Waals surface area contributed by atoms with E-state index in [1.54, 1.807) is 0 Å². The van der Waals surface area contributed by atoms with Crippen LogP contribution in [0.5, 0.6) is 0 Å². The maximum Gasteiger partial charge on any atom is 0.416 e. The Morgan fingerprint density at radius 1 is 1.24 bits per heavy atom. The van der Waals surface area contributed by atoms with E-state index in [1.807, 2.05) is 0 Å². The molecule has 1 aliphatic rings. The first-order valence-corrected chi connectivity index (χ1v) is 8.19. The monoisotopic (exact) mass is 325 g/mol. The summed E-state index contributed by atoms with van der Waals surface area (Å²) in [6.07, 6.45) is -3.45. The Kier molecular flexibility index (Phi) is 4.57. The molecule has 0 spiro atoms. The Bertz CT molecular complexity index is 613. The lowest BCUT2D eigenvalue weighted by Gasteiger charge is -2.12. The first-order chi connectivity index (χ1) is 9.68. The zero-order valence-corrected chi connectivity index (χ0v) is 11.9. The normalized spacial score (nSPS) is 21.6. The molecule has 1 unspecified atom stereocenters. The van der Waals surface area contributed by atoms with Crippen molar-refractivity contribution in [3.05, 3.63) is 35.1 Å². The van der Waals surface area contributed by atoms with Crippen molar-refractivity contribution < 1.29 is 26.0 Å². The number of nitrogens with one attached hydrogen (secondary N) is 1. The zero-order chi connectivity index (χ0) is 15.7. The van der Waals surface area contributed by atoms with Gasteiger partial charge in [-0.3, -0.25) is 0 Å². The molecule has 118 valence electrons. The quantitative estimate of drug-likeness (QED) is 0.865. The van der Waals surface area contributed by atoms with Crippen LogP contribution in [0.3, 0.4) is 0 Å². The zero-order valence-electron chi connectivity index (χ0n) is 11.1. The van der Waals surface area contributed by atoms with Crippen LogP contribution in [0.15, 0.2) is 18.2 Å². The molecular formula is C13H15F4NO2S. The molecule has 0 bridgehead atoms. The molecule has 1 aromatic carbocycles. The Labute approximate surface area is 120 Å². The van der Waals surface area contributed by atoms with Crippen molar-refractivity contribution in [2.75, 3.05) is 12.3 Å². The second kappa shape index (κ2) is 5.92. The first kappa shape index (κ1) is 16.2. The van der Waals surface area contributed by atoms with Gasteiger partial charge in [0.2, 0.25) is 0 Å². The fourth-order valence-electron chi connectivity index (χ4n) is 2.38. The summed E-state index contributed by atoms with van der Waals surface area (Å²) >= 11 is 0. The highest BCUT2D eigenvalue weighted by Gasteiger charge is 2.32. The largest absolute Gasteiger partial charge is 0.416 e. The average molecular weight is 325 g/mol. The van der Waals surface area contributed by atoms with Crippen molar-refractivity contribution in [3.8, 4) is 0 Å². The highest BCUT2D eigenvalue weighted by atomic mass is 32.2. The molecule has 0 saturated carbocycles. The van der Waals surface area contributed by atoms with E-state index >= 15 is 0 Å². The number of hydrogen-bond acceptors (Lipinski definition) is 3. The Morgan fingerprint density at radius 2 is 1.95 bits per heavy atom. The fraction of sp³-hybridized carbons (Fsp3) is 0.538. The summed E-state index contributed by atoms with van der Waals surface area (Å²) in [5, 5.41) is 2.29. The van der Waals surface area contributed by atoms with Crippen molar-refractivity contribution in [2.45, 2.75) is 30.8 Å². The summed E-state index contributed by atoms with van der Waals surface area (Å²) < 4.78 is 74.0. The number of hydrogen-bond donors (Lipinski definition) is 1. The Hall–Kier alpha value is -1.15. The van der Waals surface area contributed by atoms with Crippen LogP contribution in [0.2, 0.25) is 0 Å². The lowest BCUT2D eigenvalue weighted by atomic mass is 10.1. The number of sulfone groups is 1. The topological polar surface area (TPSA) is 46.2 Å². The minimum atomic E-state index is -4.61. The lowest BCUT2D eigenvalue weighted by Crippen LogP contribution is -2.30. The third-order valence-electron chi connectivity index (χ3n) is 3.45. The smallest absolute Gasteiger partial charge is 0.311 e. The third-order valence-corrected chi connectivity index (χ3v) is 5.72.